The highest BCUT2D eigenvalue weighted by Crippen LogP contribution is 2.48. The number of hydrogen-bond donors (Lipinski definition) is 0. The standard InChI is InChI=1S/C52H35N5/c1-2-14-40(15-3-1)55(47-22-10-24-49-51(47)43-18-4-6-20-45(43)56(49)41-16-8-12-38(34-41)36-26-30-53-31-27-36)48-23-11-25-50-52(48)44-19-5-7-21-46(44)57(50)42-17-9-13-39(35-42)37-28-32-54-33-29-37/h1-35H. The topological polar surface area (TPSA) is 38.9 Å². The molecule has 0 atom stereocenters. The van der Waals surface area contributed by atoms with Crippen molar-refractivity contribution in [2.75, 3.05) is 4.90 Å². The lowest BCUT2D eigenvalue weighted by molar-refractivity contribution is 1.18. The van der Waals surface area contributed by atoms with Gasteiger partial charge in [0, 0.05) is 63.4 Å². The first-order valence-corrected chi connectivity index (χ1v) is 19.2. The summed E-state index contributed by atoms with van der Waals surface area (Å²) in [7, 11) is 0. The zero-order chi connectivity index (χ0) is 37.7. The van der Waals surface area contributed by atoms with Crippen molar-refractivity contribution in [3.63, 3.8) is 0 Å². The van der Waals surface area contributed by atoms with E-state index in [1.807, 2.05) is 24.8 Å². The Morgan fingerprint density at radius 1 is 0.333 bits per heavy atom. The second-order valence-electron chi connectivity index (χ2n) is 14.3. The maximum Gasteiger partial charge on any atom is 0.0562 e. The fourth-order valence-electron chi connectivity index (χ4n) is 8.65. The van der Waals surface area contributed by atoms with Gasteiger partial charge in [0.1, 0.15) is 0 Å². The molecule has 5 heteroatoms. The average Bonchev–Trinajstić information content (AvgIpc) is 3.82. The lowest BCUT2D eigenvalue weighted by atomic mass is 10.1. The van der Waals surface area contributed by atoms with Gasteiger partial charge in [0.05, 0.1) is 33.4 Å². The van der Waals surface area contributed by atoms with Crippen molar-refractivity contribution in [1.29, 1.82) is 0 Å². The molecule has 11 aromatic rings. The van der Waals surface area contributed by atoms with Gasteiger partial charge in [-0.15, -0.1) is 0 Å². The van der Waals surface area contributed by atoms with Crippen LogP contribution in [0.3, 0.4) is 0 Å². The van der Waals surface area contributed by atoms with Gasteiger partial charge < -0.3 is 14.0 Å². The Kier molecular flexibility index (Phi) is 7.74. The van der Waals surface area contributed by atoms with Gasteiger partial charge in [-0.05, 0) is 119 Å². The summed E-state index contributed by atoms with van der Waals surface area (Å²) >= 11 is 0. The third kappa shape index (κ3) is 5.40. The Bertz CT molecular complexity index is 3040. The molecule has 0 fully saturated rings. The molecule has 0 aliphatic rings. The molecule has 0 spiro atoms. The summed E-state index contributed by atoms with van der Waals surface area (Å²) in [5.41, 5.74) is 14.7. The molecule has 268 valence electrons. The van der Waals surface area contributed by atoms with Crippen molar-refractivity contribution in [3.8, 4) is 33.6 Å². The van der Waals surface area contributed by atoms with Gasteiger partial charge in [0.2, 0.25) is 0 Å². The molecule has 0 radical (unpaired) electrons. The van der Waals surface area contributed by atoms with Gasteiger partial charge in [-0.1, -0.05) is 91.0 Å². The summed E-state index contributed by atoms with van der Waals surface area (Å²) in [6, 6.07) is 67.7. The Labute approximate surface area is 330 Å². The summed E-state index contributed by atoms with van der Waals surface area (Å²) in [5, 5.41) is 4.77. The van der Waals surface area contributed by atoms with E-state index in [4.69, 9.17) is 0 Å². The van der Waals surface area contributed by atoms with E-state index in [1.54, 1.807) is 0 Å². The molecule has 11 rings (SSSR count). The van der Waals surface area contributed by atoms with Crippen LogP contribution in [-0.4, -0.2) is 19.1 Å². The minimum absolute atomic E-state index is 1.09. The zero-order valence-corrected chi connectivity index (χ0v) is 30.9. The molecular formula is C52H35N5. The summed E-state index contributed by atoms with van der Waals surface area (Å²) < 4.78 is 4.81. The van der Waals surface area contributed by atoms with Crippen LogP contribution in [0.15, 0.2) is 213 Å². The van der Waals surface area contributed by atoms with Crippen molar-refractivity contribution in [2.24, 2.45) is 0 Å². The van der Waals surface area contributed by atoms with Crippen LogP contribution in [0.4, 0.5) is 17.1 Å². The Morgan fingerprint density at radius 3 is 1.25 bits per heavy atom. The van der Waals surface area contributed by atoms with Crippen LogP contribution >= 0.6 is 0 Å². The quantitative estimate of drug-likeness (QED) is 0.164. The van der Waals surface area contributed by atoms with E-state index in [1.165, 1.54) is 21.5 Å². The maximum atomic E-state index is 4.26. The van der Waals surface area contributed by atoms with Crippen molar-refractivity contribution in [3.05, 3.63) is 213 Å². The zero-order valence-electron chi connectivity index (χ0n) is 30.9. The van der Waals surface area contributed by atoms with Crippen LogP contribution in [0.25, 0.3) is 77.2 Å². The van der Waals surface area contributed by atoms with E-state index in [0.29, 0.717) is 0 Å². The third-order valence-electron chi connectivity index (χ3n) is 11.1. The predicted molar refractivity (Wildman–Crippen MR) is 236 cm³/mol. The van der Waals surface area contributed by atoms with E-state index in [2.05, 4.69) is 212 Å². The maximum absolute atomic E-state index is 4.26. The molecule has 57 heavy (non-hydrogen) atoms. The summed E-state index contributed by atoms with van der Waals surface area (Å²) in [5.74, 6) is 0. The van der Waals surface area contributed by atoms with Crippen molar-refractivity contribution >= 4 is 60.7 Å². The highest BCUT2D eigenvalue weighted by molar-refractivity contribution is 6.20. The summed E-state index contributed by atoms with van der Waals surface area (Å²) in [6.07, 6.45) is 7.41. The van der Waals surface area contributed by atoms with Crippen LogP contribution in [0.2, 0.25) is 0 Å². The number of aromatic nitrogens is 4. The monoisotopic (exact) mass is 729 g/mol. The molecule has 0 saturated heterocycles. The Hall–Kier alpha value is -7.76. The van der Waals surface area contributed by atoms with Crippen LogP contribution in [0, 0.1) is 0 Å². The van der Waals surface area contributed by atoms with Gasteiger partial charge in [0.15, 0.2) is 0 Å². The summed E-state index contributed by atoms with van der Waals surface area (Å²) in [6.45, 7) is 0. The number of pyridine rings is 2. The van der Waals surface area contributed by atoms with Crippen LogP contribution in [0.1, 0.15) is 0 Å². The van der Waals surface area contributed by atoms with Crippen LogP contribution < -0.4 is 4.90 Å². The minimum atomic E-state index is 1.09. The Balaban J connectivity index is 1.18. The number of hydrogen-bond acceptors (Lipinski definition) is 3. The van der Waals surface area contributed by atoms with Crippen LogP contribution in [-0.2, 0) is 0 Å². The predicted octanol–water partition coefficient (Wildman–Crippen LogP) is 13.5. The van der Waals surface area contributed by atoms with Crippen molar-refractivity contribution < 1.29 is 0 Å². The Morgan fingerprint density at radius 2 is 0.754 bits per heavy atom. The second kappa shape index (κ2) is 13.5. The molecule has 0 saturated carbocycles. The molecule has 5 nitrogen and oxygen atoms in total. The second-order valence-corrected chi connectivity index (χ2v) is 14.3. The van der Waals surface area contributed by atoms with E-state index in [0.717, 1.165) is 72.8 Å². The fraction of sp³-hybridized carbons (Fsp3) is 0. The number of benzene rings is 7. The number of nitrogens with zero attached hydrogens (tertiary/aromatic N) is 5. The number of rotatable bonds is 7. The van der Waals surface area contributed by atoms with Gasteiger partial charge in [-0.3, -0.25) is 9.97 Å². The van der Waals surface area contributed by atoms with Crippen molar-refractivity contribution in [1.82, 2.24) is 19.1 Å². The average molecular weight is 730 g/mol. The molecule has 0 aliphatic heterocycles. The molecule has 0 bridgehead atoms. The highest BCUT2D eigenvalue weighted by atomic mass is 15.2. The van der Waals surface area contributed by atoms with Gasteiger partial charge in [0.25, 0.3) is 0 Å². The van der Waals surface area contributed by atoms with E-state index in [-0.39, 0.29) is 0 Å². The van der Waals surface area contributed by atoms with Gasteiger partial charge >= 0.3 is 0 Å². The lowest BCUT2D eigenvalue weighted by Gasteiger charge is -2.27. The third-order valence-corrected chi connectivity index (χ3v) is 11.1. The van der Waals surface area contributed by atoms with Crippen LogP contribution in [0.5, 0.6) is 0 Å². The lowest BCUT2D eigenvalue weighted by Crippen LogP contribution is -2.11. The number of anilines is 3. The van der Waals surface area contributed by atoms with Gasteiger partial charge in [-0.25, -0.2) is 0 Å². The first kappa shape index (κ1) is 32.7. The van der Waals surface area contributed by atoms with E-state index >= 15 is 0 Å². The fourth-order valence-corrected chi connectivity index (χ4v) is 8.65. The first-order chi connectivity index (χ1) is 28.3. The van der Waals surface area contributed by atoms with Crippen molar-refractivity contribution in [2.45, 2.75) is 0 Å². The molecule has 0 aliphatic carbocycles. The molecule has 0 amide bonds. The summed E-state index contributed by atoms with van der Waals surface area (Å²) in [4.78, 5) is 11.0. The largest absolute Gasteiger partial charge is 0.309 e. The molecular weight excluding hydrogens is 695 g/mol. The molecule has 7 aromatic carbocycles. The smallest absolute Gasteiger partial charge is 0.0562 e. The number of fused-ring (bicyclic) bond motifs is 6. The van der Waals surface area contributed by atoms with Gasteiger partial charge in [-0.2, -0.15) is 0 Å². The van der Waals surface area contributed by atoms with E-state index in [9.17, 15) is 0 Å². The minimum Gasteiger partial charge on any atom is -0.309 e. The molecule has 0 unspecified atom stereocenters. The van der Waals surface area contributed by atoms with E-state index < -0.39 is 0 Å². The normalized spacial score (nSPS) is 11.5. The first-order valence-electron chi connectivity index (χ1n) is 19.2. The molecule has 4 aromatic heterocycles. The SMILES string of the molecule is c1ccc(N(c2cccc3c2c2ccccc2n3-c2cccc(-c3ccncc3)c2)c2cccc3c2c2ccccc2n3-c2cccc(-c3ccncc3)c2)cc1. The number of para-hydroxylation sites is 3. The molecule has 4 heterocycles. The highest BCUT2D eigenvalue weighted by Gasteiger charge is 2.24. The molecule has 0 N–H and O–H groups in total.